The molecule has 9 heteroatoms. The first-order valence-electron chi connectivity index (χ1n) is 12.0. The molecule has 0 amide bonds. The molecule has 0 aliphatic heterocycles. The molecule has 1 aromatic carbocycles. The van der Waals surface area contributed by atoms with Crippen LogP contribution in [0.1, 0.15) is 50.1 Å². The number of nitrogens with zero attached hydrogens (tertiary/aromatic N) is 4. The third kappa shape index (κ3) is 4.51. The van der Waals surface area contributed by atoms with Crippen LogP contribution in [-0.4, -0.2) is 37.5 Å². The number of aromatic nitrogens is 4. The van der Waals surface area contributed by atoms with E-state index in [4.69, 9.17) is 4.74 Å². The summed E-state index contributed by atoms with van der Waals surface area (Å²) in [6.45, 7) is 9.44. The van der Waals surface area contributed by atoms with Gasteiger partial charge in [0.05, 0.1) is 24.3 Å². The molecule has 1 aliphatic rings. The van der Waals surface area contributed by atoms with Crippen molar-refractivity contribution in [1.82, 2.24) is 19.2 Å². The summed E-state index contributed by atoms with van der Waals surface area (Å²) in [5.74, 6) is 0.930. The van der Waals surface area contributed by atoms with Gasteiger partial charge in [-0.25, -0.2) is 4.40 Å². The second-order valence-corrected chi connectivity index (χ2v) is 12.1. The van der Waals surface area contributed by atoms with Crippen LogP contribution in [0.2, 0.25) is 0 Å². The van der Waals surface area contributed by atoms with E-state index in [-0.39, 0.29) is 22.7 Å². The van der Waals surface area contributed by atoms with E-state index in [1.807, 2.05) is 34.7 Å². The summed E-state index contributed by atoms with van der Waals surface area (Å²) in [6.07, 6.45) is 2.95. The average molecular weight is 511 g/mol. The second kappa shape index (κ2) is 9.43. The van der Waals surface area contributed by atoms with Crippen molar-refractivity contribution < 1.29 is 9.53 Å². The smallest absolute Gasteiger partial charge is 0.316 e. The fourth-order valence-corrected chi connectivity index (χ4v) is 7.06. The molecule has 0 saturated heterocycles. The summed E-state index contributed by atoms with van der Waals surface area (Å²) in [7, 11) is 0. The molecule has 1 atom stereocenters. The lowest BCUT2D eigenvalue weighted by atomic mass is 9.72. The van der Waals surface area contributed by atoms with Gasteiger partial charge in [0, 0.05) is 4.88 Å². The van der Waals surface area contributed by atoms with Gasteiger partial charge in [-0.2, -0.15) is 0 Å². The molecular weight excluding hydrogens is 480 g/mol. The van der Waals surface area contributed by atoms with Crippen LogP contribution in [0, 0.1) is 11.3 Å². The third-order valence-electron chi connectivity index (χ3n) is 6.80. The van der Waals surface area contributed by atoms with E-state index in [9.17, 15) is 9.59 Å². The minimum atomic E-state index is -0.290. The maximum atomic E-state index is 13.9. The van der Waals surface area contributed by atoms with Crippen molar-refractivity contribution in [3.05, 3.63) is 56.7 Å². The molecular formula is C26H30N4O3S2. The lowest BCUT2D eigenvalue weighted by Crippen LogP contribution is -2.27. The number of carbonyl (C=O) groups is 1. The lowest BCUT2D eigenvalue weighted by molar-refractivity contribution is -0.139. The molecule has 0 spiro atoms. The van der Waals surface area contributed by atoms with Crippen molar-refractivity contribution in [2.45, 2.75) is 58.7 Å². The number of hydrogen-bond donors (Lipinski definition) is 0. The van der Waals surface area contributed by atoms with E-state index in [1.165, 1.54) is 22.2 Å². The van der Waals surface area contributed by atoms with Gasteiger partial charge in [0.25, 0.3) is 5.56 Å². The predicted octanol–water partition coefficient (Wildman–Crippen LogP) is 4.96. The summed E-state index contributed by atoms with van der Waals surface area (Å²) < 4.78 is 8.80. The minimum Gasteiger partial charge on any atom is -0.465 e. The van der Waals surface area contributed by atoms with Crippen LogP contribution >= 0.6 is 23.1 Å². The Hall–Kier alpha value is -2.65. The molecule has 5 rings (SSSR count). The second-order valence-electron chi connectivity index (χ2n) is 10.1. The van der Waals surface area contributed by atoms with Crippen LogP contribution in [0.3, 0.4) is 0 Å². The Morgan fingerprint density at radius 1 is 1.23 bits per heavy atom. The number of thiophene rings is 1. The summed E-state index contributed by atoms with van der Waals surface area (Å²) in [4.78, 5) is 28.1. The number of ether oxygens (including phenoxy) is 1. The molecule has 184 valence electrons. The first-order valence-corrected chi connectivity index (χ1v) is 13.8. The van der Waals surface area contributed by atoms with E-state index < -0.39 is 0 Å². The van der Waals surface area contributed by atoms with Gasteiger partial charge in [0.1, 0.15) is 4.83 Å². The van der Waals surface area contributed by atoms with Crippen molar-refractivity contribution in [3.8, 4) is 0 Å². The van der Waals surface area contributed by atoms with Crippen molar-refractivity contribution in [1.29, 1.82) is 0 Å². The third-order valence-corrected chi connectivity index (χ3v) is 8.94. The van der Waals surface area contributed by atoms with Gasteiger partial charge in [-0.3, -0.25) is 14.2 Å². The Morgan fingerprint density at radius 2 is 2.00 bits per heavy atom. The highest BCUT2D eigenvalue weighted by molar-refractivity contribution is 7.99. The molecule has 0 unspecified atom stereocenters. The molecule has 3 aromatic heterocycles. The number of thioether (sulfide) groups is 1. The van der Waals surface area contributed by atoms with Gasteiger partial charge in [-0.15, -0.1) is 21.5 Å². The van der Waals surface area contributed by atoms with E-state index in [0.717, 1.165) is 35.0 Å². The van der Waals surface area contributed by atoms with Crippen molar-refractivity contribution in [2.75, 3.05) is 12.4 Å². The highest BCUT2D eigenvalue weighted by Crippen LogP contribution is 2.43. The van der Waals surface area contributed by atoms with Crippen molar-refractivity contribution in [3.63, 3.8) is 0 Å². The molecule has 0 fully saturated rings. The molecule has 35 heavy (non-hydrogen) atoms. The number of rotatable bonds is 6. The average Bonchev–Trinajstić information content (AvgIpc) is 3.42. The monoisotopic (exact) mass is 510 g/mol. The zero-order valence-corrected chi connectivity index (χ0v) is 22.2. The van der Waals surface area contributed by atoms with E-state index in [1.54, 1.807) is 22.8 Å². The summed E-state index contributed by atoms with van der Waals surface area (Å²) in [5.41, 5.74) is 2.40. The van der Waals surface area contributed by atoms with Gasteiger partial charge in [-0.05, 0) is 48.6 Å². The molecule has 0 radical (unpaired) electrons. The number of hydrogen-bond acceptors (Lipinski definition) is 7. The van der Waals surface area contributed by atoms with Gasteiger partial charge >= 0.3 is 5.97 Å². The Morgan fingerprint density at radius 3 is 2.71 bits per heavy atom. The normalized spacial score (nSPS) is 16.1. The van der Waals surface area contributed by atoms with Crippen LogP contribution < -0.4 is 5.56 Å². The van der Waals surface area contributed by atoms with E-state index in [0.29, 0.717) is 30.0 Å². The highest BCUT2D eigenvalue weighted by Gasteiger charge is 2.33. The fraction of sp³-hybridized carbons (Fsp3) is 0.462. The Balaban J connectivity index is 1.69. The van der Waals surface area contributed by atoms with Crippen LogP contribution in [0.15, 0.2) is 40.3 Å². The van der Waals surface area contributed by atoms with Gasteiger partial charge in [0.15, 0.2) is 5.16 Å². The van der Waals surface area contributed by atoms with Gasteiger partial charge in [-0.1, -0.05) is 62.9 Å². The number of aryl methyl sites for hydroxylation is 1. The molecule has 0 saturated carbocycles. The molecule has 0 N–H and O–H groups in total. The maximum Gasteiger partial charge on any atom is 0.316 e. The molecule has 4 aromatic rings. The van der Waals surface area contributed by atoms with Crippen LogP contribution in [-0.2, 0) is 28.9 Å². The Bertz CT molecular complexity index is 1450. The predicted molar refractivity (Wildman–Crippen MR) is 141 cm³/mol. The zero-order chi connectivity index (χ0) is 24.7. The minimum absolute atomic E-state index is 0.0163. The topological polar surface area (TPSA) is 78.5 Å². The van der Waals surface area contributed by atoms with Crippen LogP contribution in [0.25, 0.3) is 16.0 Å². The van der Waals surface area contributed by atoms with Crippen LogP contribution in [0.5, 0.6) is 0 Å². The van der Waals surface area contributed by atoms with Crippen LogP contribution in [0.4, 0.5) is 0 Å². The van der Waals surface area contributed by atoms with Gasteiger partial charge < -0.3 is 4.74 Å². The zero-order valence-electron chi connectivity index (χ0n) is 20.5. The largest absolute Gasteiger partial charge is 0.465 e. The van der Waals surface area contributed by atoms with Gasteiger partial charge in [0.2, 0.25) is 5.78 Å². The summed E-state index contributed by atoms with van der Waals surface area (Å²) in [6, 6.07) is 9.93. The van der Waals surface area contributed by atoms with Crippen molar-refractivity contribution in [2.24, 2.45) is 11.3 Å². The fourth-order valence-electron chi connectivity index (χ4n) is 4.86. The van der Waals surface area contributed by atoms with Crippen molar-refractivity contribution >= 4 is 45.1 Å². The molecule has 0 bridgehead atoms. The molecule has 1 aliphatic carbocycles. The maximum absolute atomic E-state index is 13.9. The number of benzene rings is 1. The van der Waals surface area contributed by atoms with E-state index in [2.05, 4.69) is 31.0 Å². The quantitative estimate of drug-likeness (QED) is 0.270. The highest BCUT2D eigenvalue weighted by atomic mass is 32.2. The Kier molecular flexibility index (Phi) is 6.48. The number of carbonyl (C=O) groups excluding carboxylic acids is 1. The Labute approximate surface area is 212 Å². The number of esters is 1. The van der Waals surface area contributed by atoms with E-state index >= 15 is 0 Å². The lowest BCUT2D eigenvalue weighted by Gasteiger charge is -2.33. The molecule has 3 heterocycles. The summed E-state index contributed by atoms with van der Waals surface area (Å²) in [5, 5.41) is 10.2. The number of fused-ring (bicyclic) bond motifs is 5. The standard InChI is InChI=1S/C26H30N4O3S2/c1-5-33-20(31)15-34-25-28-27-24-29(14-16-9-7-6-8-10-16)22(32)21-18-12-11-17(26(2,3)4)13-19(18)35-23(21)30(24)25/h6-10,17H,5,11-15H2,1-4H3/t17-/m1/s1. The SMILES string of the molecule is CCOC(=O)CSc1nnc2n(Cc3ccccc3)c(=O)c3c4c(sc3n12)C[C@H](C(C)(C)C)CC4. The summed E-state index contributed by atoms with van der Waals surface area (Å²) >= 11 is 2.98. The first kappa shape index (κ1) is 24.1. The molecule has 7 nitrogen and oxygen atoms in total. The first-order chi connectivity index (χ1) is 16.8.